The van der Waals surface area contributed by atoms with Crippen molar-refractivity contribution in [3.8, 4) is 0 Å². The summed E-state index contributed by atoms with van der Waals surface area (Å²) in [5, 5.41) is 6.70. The van der Waals surface area contributed by atoms with Crippen LogP contribution in [0.15, 0.2) is 35.4 Å². The molecular formula is C13H11N5O2. The molecule has 0 aliphatic heterocycles. The fourth-order valence-corrected chi connectivity index (χ4v) is 1.83. The third-order valence-electron chi connectivity index (χ3n) is 2.82. The second-order valence-corrected chi connectivity index (χ2v) is 4.33. The number of carbonyl (C=O) groups is 1. The molecule has 2 N–H and O–H groups in total. The summed E-state index contributed by atoms with van der Waals surface area (Å²) in [6, 6.07) is 7.36. The quantitative estimate of drug-likeness (QED) is 0.677. The van der Waals surface area contributed by atoms with E-state index in [9.17, 15) is 9.59 Å². The van der Waals surface area contributed by atoms with Gasteiger partial charge in [0.2, 0.25) is 5.78 Å². The van der Waals surface area contributed by atoms with Crippen LogP contribution in [0.1, 0.15) is 5.56 Å². The van der Waals surface area contributed by atoms with Crippen molar-refractivity contribution >= 4 is 23.4 Å². The number of carbonyl (C=O) groups excluding carboxylic acids is 1. The molecule has 7 nitrogen and oxygen atoms in total. The lowest BCUT2D eigenvalue weighted by molar-refractivity contribution is -0.110. The second-order valence-electron chi connectivity index (χ2n) is 4.33. The summed E-state index contributed by atoms with van der Waals surface area (Å²) < 4.78 is 1.29. The van der Waals surface area contributed by atoms with E-state index in [-0.39, 0.29) is 5.35 Å². The number of aromatic nitrogens is 4. The molecule has 0 atom stereocenters. The Labute approximate surface area is 113 Å². The standard InChI is InChI=1S/C13H11N5O2/c1-8-2-4-9(5-3-8)16-11(19)6-10-12(20)17-13-14-7-15-18(10)13/h2-7H,1H3,(H,16,19)(H,14,15,17,20)/b10-6+. The number of fused-ring (bicyclic) bond motifs is 1. The summed E-state index contributed by atoms with van der Waals surface area (Å²) in [6.07, 6.45) is 2.50. The Hall–Kier alpha value is -2.96. The van der Waals surface area contributed by atoms with Crippen LogP contribution < -0.4 is 16.2 Å². The fourth-order valence-electron chi connectivity index (χ4n) is 1.83. The lowest BCUT2D eigenvalue weighted by Gasteiger charge is -2.01. The van der Waals surface area contributed by atoms with Gasteiger partial charge in [0.15, 0.2) is 0 Å². The van der Waals surface area contributed by atoms with E-state index in [1.54, 1.807) is 12.1 Å². The summed E-state index contributed by atoms with van der Waals surface area (Å²) in [7, 11) is 0. The molecule has 0 saturated carbocycles. The second kappa shape index (κ2) is 4.61. The van der Waals surface area contributed by atoms with Crippen molar-refractivity contribution in [3.63, 3.8) is 0 Å². The molecular weight excluding hydrogens is 258 g/mol. The molecule has 0 aliphatic carbocycles. The number of nitrogens with zero attached hydrogens (tertiary/aromatic N) is 3. The van der Waals surface area contributed by atoms with Crippen molar-refractivity contribution in [3.05, 3.63) is 51.9 Å². The molecule has 0 unspecified atom stereocenters. The van der Waals surface area contributed by atoms with E-state index in [0.29, 0.717) is 11.5 Å². The zero-order valence-corrected chi connectivity index (χ0v) is 10.6. The monoisotopic (exact) mass is 269 g/mol. The van der Waals surface area contributed by atoms with Crippen LogP contribution in [-0.4, -0.2) is 25.5 Å². The average Bonchev–Trinajstić information content (AvgIpc) is 2.96. The predicted molar refractivity (Wildman–Crippen MR) is 73.1 cm³/mol. The SMILES string of the molecule is Cc1ccc(NC(=O)/C=c2\c(=O)[nH]c3ncnn23)cc1. The fraction of sp³-hybridized carbons (Fsp3) is 0.0769. The number of benzene rings is 1. The summed E-state index contributed by atoms with van der Waals surface area (Å²) in [4.78, 5) is 29.9. The highest BCUT2D eigenvalue weighted by Crippen LogP contribution is 2.08. The van der Waals surface area contributed by atoms with Crippen LogP contribution in [0.4, 0.5) is 5.69 Å². The third-order valence-corrected chi connectivity index (χ3v) is 2.82. The number of imidazole rings is 1. The van der Waals surface area contributed by atoms with Gasteiger partial charge < -0.3 is 5.32 Å². The van der Waals surface area contributed by atoms with Crippen molar-refractivity contribution in [2.45, 2.75) is 6.92 Å². The molecule has 3 aromatic rings. The van der Waals surface area contributed by atoms with E-state index in [4.69, 9.17) is 0 Å². The molecule has 0 saturated heterocycles. The van der Waals surface area contributed by atoms with Gasteiger partial charge in [0.05, 0.1) is 0 Å². The minimum Gasteiger partial charge on any atom is -0.322 e. The Morgan fingerprint density at radius 3 is 2.85 bits per heavy atom. The maximum Gasteiger partial charge on any atom is 0.277 e. The van der Waals surface area contributed by atoms with Gasteiger partial charge in [0, 0.05) is 11.8 Å². The van der Waals surface area contributed by atoms with E-state index in [2.05, 4.69) is 20.4 Å². The lowest BCUT2D eigenvalue weighted by atomic mass is 10.2. The van der Waals surface area contributed by atoms with E-state index < -0.39 is 11.5 Å². The maximum atomic E-state index is 11.9. The number of nitrogens with one attached hydrogen (secondary N) is 2. The molecule has 0 radical (unpaired) electrons. The van der Waals surface area contributed by atoms with Crippen LogP contribution in [-0.2, 0) is 4.79 Å². The third kappa shape index (κ3) is 2.16. The molecule has 7 heteroatoms. The van der Waals surface area contributed by atoms with Crippen LogP contribution in [0.2, 0.25) is 0 Å². The van der Waals surface area contributed by atoms with Gasteiger partial charge in [0.1, 0.15) is 11.7 Å². The Kier molecular flexibility index (Phi) is 2.79. The van der Waals surface area contributed by atoms with Crippen LogP contribution in [0.25, 0.3) is 11.9 Å². The summed E-state index contributed by atoms with van der Waals surface area (Å²) in [5.74, 6) is -0.0910. The van der Waals surface area contributed by atoms with Crippen LogP contribution >= 0.6 is 0 Å². The highest BCUT2D eigenvalue weighted by molar-refractivity contribution is 6.12. The first-order valence-corrected chi connectivity index (χ1v) is 5.94. The van der Waals surface area contributed by atoms with Crippen LogP contribution in [0.5, 0.6) is 0 Å². The highest BCUT2D eigenvalue weighted by Gasteiger charge is 2.06. The van der Waals surface area contributed by atoms with Gasteiger partial charge in [-0.15, -0.1) is 0 Å². The summed E-state index contributed by atoms with van der Waals surface area (Å²) in [6.45, 7) is 1.96. The van der Waals surface area contributed by atoms with Crippen LogP contribution in [0.3, 0.4) is 0 Å². The van der Waals surface area contributed by atoms with Gasteiger partial charge in [-0.2, -0.15) is 14.6 Å². The number of aryl methyl sites for hydroxylation is 1. The van der Waals surface area contributed by atoms with Crippen LogP contribution in [0, 0.1) is 6.92 Å². The van der Waals surface area contributed by atoms with Gasteiger partial charge in [-0.05, 0) is 19.1 Å². The number of H-pyrrole nitrogens is 1. The molecule has 0 bridgehead atoms. The number of anilines is 1. The van der Waals surface area contributed by atoms with Gasteiger partial charge in [0.25, 0.3) is 11.5 Å². The number of hydrogen-bond donors (Lipinski definition) is 2. The zero-order valence-electron chi connectivity index (χ0n) is 10.6. The Bertz CT molecular complexity index is 876. The number of rotatable bonds is 2. The summed E-state index contributed by atoms with van der Waals surface area (Å²) >= 11 is 0. The molecule has 2 aromatic heterocycles. The summed E-state index contributed by atoms with van der Waals surface area (Å²) in [5.41, 5.74) is 1.36. The molecule has 100 valence electrons. The first-order chi connectivity index (χ1) is 9.63. The van der Waals surface area contributed by atoms with Crippen molar-refractivity contribution in [1.29, 1.82) is 0 Å². The average molecular weight is 269 g/mol. The smallest absolute Gasteiger partial charge is 0.277 e. The van der Waals surface area contributed by atoms with Gasteiger partial charge >= 0.3 is 0 Å². The first-order valence-electron chi connectivity index (χ1n) is 5.94. The minimum atomic E-state index is -0.403. The lowest BCUT2D eigenvalue weighted by Crippen LogP contribution is -2.29. The first kappa shape index (κ1) is 12.1. The molecule has 20 heavy (non-hydrogen) atoms. The minimum absolute atomic E-state index is 0.141. The normalized spacial score (nSPS) is 11.9. The molecule has 1 amide bonds. The van der Waals surface area contributed by atoms with E-state index >= 15 is 0 Å². The van der Waals surface area contributed by atoms with E-state index in [0.717, 1.165) is 5.56 Å². The topological polar surface area (TPSA) is 92.1 Å². The van der Waals surface area contributed by atoms with Gasteiger partial charge in [-0.3, -0.25) is 14.6 Å². The van der Waals surface area contributed by atoms with Crippen molar-refractivity contribution in [2.75, 3.05) is 5.32 Å². The van der Waals surface area contributed by atoms with Gasteiger partial charge in [-0.25, -0.2) is 0 Å². The number of aromatic amines is 1. The molecule has 0 fully saturated rings. The predicted octanol–water partition coefficient (Wildman–Crippen LogP) is -0.136. The number of amides is 1. The van der Waals surface area contributed by atoms with E-state index in [1.165, 1.54) is 16.9 Å². The van der Waals surface area contributed by atoms with Gasteiger partial charge in [-0.1, -0.05) is 17.7 Å². The zero-order chi connectivity index (χ0) is 14.1. The molecule has 1 aromatic carbocycles. The highest BCUT2D eigenvalue weighted by atomic mass is 16.1. The van der Waals surface area contributed by atoms with Crippen molar-refractivity contribution in [2.24, 2.45) is 0 Å². The molecule has 0 aliphatic rings. The maximum absolute atomic E-state index is 11.9. The Balaban J connectivity index is 1.93. The van der Waals surface area contributed by atoms with E-state index in [1.807, 2.05) is 19.1 Å². The largest absolute Gasteiger partial charge is 0.322 e. The van der Waals surface area contributed by atoms with Crippen molar-refractivity contribution in [1.82, 2.24) is 19.6 Å². The Morgan fingerprint density at radius 1 is 1.35 bits per heavy atom. The Morgan fingerprint density at radius 2 is 2.10 bits per heavy atom. The molecule has 2 heterocycles. The number of hydrogen-bond acceptors (Lipinski definition) is 4. The van der Waals surface area contributed by atoms with Crippen molar-refractivity contribution < 1.29 is 4.79 Å². The molecule has 3 rings (SSSR count). The molecule has 0 spiro atoms.